The van der Waals surface area contributed by atoms with Gasteiger partial charge in [-0.3, -0.25) is 9.59 Å². The largest absolute Gasteiger partial charge is 0.459 e. The Morgan fingerprint density at radius 1 is 0.969 bits per heavy atom. The van der Waals surface area contributed by atoms with E-state index in [1.165, 1.54) is 11.8 Å². The van der Waals surface area contributed by atoms with Gasteiger partial charge < -0.3 is 14.6 Å². The second-order valence-electron chi connectivity index (χ2n) is 8.38. The lowest BCUT2D eigenvalue weighted by Gasteiger charge is -2.32. The summed E-state index contributed by atoms with van der Waals surface area (Å²) >= 11 is 0. The summed E-state index contributed by atoms with van der Waals surface area (Å²) in [5.41, 5.74) is 2.94. The highest BCUT2D eigenvalue weighted by atomic mass is 16.3. The molecule has 166 valence electrons. The Labute approximate surface area is 189 Å². The van der Waals surface area contributed by atoms with Crippen molar-refractivity contribution in [3.05, 3.63) is 95.4 Å². The molecule has 1 saturated carbocycles. The number of carbonyl (C=O) groups is 2. The van der Waals surface area contributed by atoms with E-state index in [0.717, 1.165) is 43.2 Å². The zero-order valence-electron chi connectivity index (χ0n) is 18.5. The van der Waals surface area contributed by atoms with Crippen LogP contribution in [0.25, 0.3) is 0 Å². The van der Waals surface area contributed by atoms with Crippen molar-refractivity contribution >= 4 is 11.8 Å². The Hall–Kier alpha value is -3.34. The smallest absolute Gasteiger partial charge is 0.290 e. The van der Waals surface area contributed by atoms with E-state index in [2.05, 4.69) is 12.2 Å². The summed E-state index contributed by atoms with van der Waals surface area (Å²) in [6.45, 7) is 2.40. The molecule has 32 heavy (non-hydrogen) atoms. The lowest BCUT2D eigenvalue weighted by atomic mass is 10.00. The van der Waals surface area contributed by atoms with Gasteiger partial charge in [-0.1, -0.05) is 74.4 Å². The van der Waals surface area contributed by atoms with E-state index in [-0.39, 0.29) is 23.6 Å². The molecular weight excluding hydrogens is 400 g/mol. The fourth-order valence-corrected chi connectivity index (χ4v) is 4.36. The molecule has 1 aliphatic rings. The van der Waals surface area contributed by atoms with Gasteiger partial charge in [-0.25, -0.2) is 0 Å². The van der Waals surface area contributed by atoms with Crippen LogP contribution in [0.2, 0.25) is 0 Å². The van der Waals surface area contributed by atoms with Crippen LogP contribution in [0.5, 0.6) is 0 Å². The number of aryl methyl sites for hydroxylation is 1. The molecule has 5 nitrogen and oxygen atoms in total. The van der Waals surface area contributed by atoms with Crippen LogP contribution in [0.15, 0.2) is 77.4 Å². The molecule has 0 bridgehead atoms. The third-order valence-electron chi connectivity index (χ3n) is 6.15. The number of nitrogens with one attached hydrogen (secondary N) is 1. The maximum absolute atomic E-state index is 13.6. The topological polar surface area (TPSA) is 62.6 Å². The summed E-state index contributed by atoms with van der Waals surface area (Å²) in [5, 5.41) is 3.21. The van der Waals surface area contributed by atoms with Crippen LogP contribution in [0, 0.1) is 0 Å². The van der Waals surface area contributed by atoms with Crippen molar-refractivity contribution in [1.82, 2.24) is 10.2 Å². The molecule has 5 heteroatoms. The first-order valence-corrected chi connectivity index (χ1v) is 11.4. The quantitative estimate of drug-likeness (QED) is 0.529. The first-order chi connectivity index (χ1) is 15.7. The number of benzene rings is 2. The van der Waals surface area contributed by atoms with Gasteiger partial charge in [0.2, 0.25) is 5.91 Å². The summed E-state index contributed by atoms with van der Waals surface area (Å²) in [7, 11) is 0. The van der Waals surface area contributed by atoms with E-state index in [1.807, 2.05) is 54.6 Å². The Balaban J connectivity index is 1.72. The predicted molar refractivity (Wildman–Crippen MR) is 124 cm³/mol. The van der Waals surface area contributed by atoms with E-state index in [1.54, 1.807) is 17.0 Å². The van der Waals surface area contributed by atoms with Crippen LogP contribution in [0.1, 0.15) is 65.9 Å². The maximum Gasteiger partial charge on any atom is 0.290 e. The molecule has 1 aliphatic carbocycles. The van der Waals surface area contributed by atoms with Gasteiger partial charge in [0.25, 0.3) is 5.91 Å². The summed E-state index contributed by atoms with van der Waals surface area (Å²) < 4.78 is 5.43. The lowest BCUT2D eigenvalue weighted by Crippen LogP contribution is -2.45. The molecule has 1 atom stereocenters. The molecule has 2 aromatic carbocycles. The summed E-state index contributed by atoms with van der Waals surface area (Å²) in [6.07, 6.45) is 6.62. The minimum atomic E-state index is -0.751. The molecule has 1 fully saturated rings. The fraction of sp³-hybridized carbons (Fsp3) is 0.333. The zero-order chi connectivity index (χ0) is 22.3. The van der Waals surface area contributed by atoms with Crippen molar-refractivity contribution in [1.29, 1.82) is 0 Å². The van der Waals surface area contributed by atoms with Crippen molar-refractivity contribution in [3.63, 3.8) is 0 Å². The van der Waals surface area contributed by atoms with Crippen molar-refractivity contribution < 1.29 is 14.0 Å². The van der Waals surface area contributed by atoms with Gasteiger partial charge in [-0.15, -0.1) is 0 Å². The van der Waals surface area contributed by atoms with E-state index in [9.17, 15) is 9.59 Å². The van der Waals surface area contributed by atoms with Crippen molar-refractivity contribution in [2.45, 2.75) is 57.7 Å². The molecule has 0 unspecified atom stereocenters. The molecule has 0 aliphatic heterocycles. The highest BCUT2D eigenvalue weighted by Gasteiger charge is 2.34. The molecule has 1 aromatic heterocycles. The van der Waals surface area contributed by atoms with Crippen LogP contribution in [-0.4, -0.2) is 22.8 Å². The number of nitrogens with zero attached hydrogens (tertiary/aromatic N) is 1. The number of rotatable bonds is 8. The number of hydrogen-bond acceptors (Lipinski definition) is 3. The lowest BCUT2D eigenvalue weighted by molar-refractivity contribution is -0.126. The van der Waals surface area contributed by atoms with Crippen LogP contribution in [-0.2, 0) is 17.8 Å². The molecule has 1 heterocycles. The molecule has 0 spiro atoms. The molecule has 2 amide bonds. The minimum Gasteiger partial charge on any atom is -0.459 e. The summed E-state index contributed by atoms with van der Waals surface area (Å²) in [6, 6.07) is 20.5. The van der Waals surface area contributed by atoms with Crippen LogP contribution in [0.3, 0.4) is 0 Å². The Kier molecular flexibility index (Phi) is 7.05. The first-order valence-electron chi connectivity index (χ1n) is 11.4. The van der Waals surface area contributed by atoms with Gasteiger partial charge in [-0.05, 0) is 48.1 Å². The molecule has 0 saturated heterocycles. The highest BCUT2D eigenvalue weighted by Crippen LogP contribution is 2.28. The minimum absolute atomic E-state index is 0.142. The van der Waals surface area contributed by atoms with Crippen LogP contribution >= 0.6 is 0 Å². The molecule has 4 rings (SSSR count). The third kappa shape index (κ3) is 5.10. The van der Waals surface area contributed by atoms with Crippen LogP contribution < -0.4 is 5.32 Å². The molecular formula is C27H30N2O3. The molecule has 3 aromatic rings. The van der Waals surface area contributed by atoms with Crippen molar-refractivity contribution in [3.8, 4) is 0 Å². The second kappa shape index (κ2) is 10.3. The van der Waals surface area contributed by atoms with E-state index < -0.39 is 6.04 Å². The number of furan rings is 1. The number of hydrogen-bond donors (Lipinski definition) is 1. The van der Waals surface area contributed by atoms with Gasteiger partial charge in [0.05, 0.1) is 6.26 Å². The highest BCUT2D eigenvalue weighted by molar-refractivity contribution is 5.96. The van der Waals surface area contributed by atoms with Gasteiger partial charge in [0.15, 0.2) is 5.76 Å². The van der Waals surface area contributed by atoms with Gasteiger partial charge in [0.1, 0.15) is 6.04 Å². The first kappa shape index (κ1) is 21.9. The van der Waals surface area contributed by atoms with E-state index >= 15 is 0 Å². The second-order valence-corrected chi connectivity index (χ2v) is 8.38. The SMILES string of the molecule is CCc1ccc([C@H](C(=O)NC2CCCC2)N(Cc2ccccc2)C(=O)c2ccco2)cc1. The van der Waals surface area contributed by atoms with Crippen LogP contribution in [0.4, 0.5) is 0 Å². The van der Waals surface area contributed by atoms with Gasteiger partial charge in [0, 0.05) is 12.6 Å². The normalized spacial score (nSPS) is 14.8. The van der Waals surface area contributed by atoms with Gasteiger partial charge >= 0.3 is 0 Å². The Morgan fingerprint density at radius 2 is 1.69 bits per heavy atom. The van der Waals surface area contributed by atoms with E-state index in [4.69, 9.17) is 4.42 Å². The molecule has 1 N–H and O–H groups in total. The number of amides is 2. The average molecular weight is 431 g/mol. The predicted octanol–water partition coefficient (Wildman–Crippen LogP) is 5.28. The fourth-order valence-electron chi connectivity index (χ4n) is 4.36. The van der Waals surface area contributed by atoms with Crippen molar-refractivity contribution in [2.75, 3.05) is 0 Å². The Morgan fingerprint density at radius 3 is 2.31 bits per heavy atom. The Bertz CT molecular complexity index is 1010. The van der Waals surface area contributed by atoms with Gasteiger partial charge in [-0.2, -0.15) is 0 Å². The maximum atomic E-state index is 13.6. The molecule has 0 radical (unpaired) electrons. The standard InChI is InChI=1S/C27H30N2O3/c1-2-20-14-16-22(17-15-20)25(26(30)28-23-11-6-7-12-23)29(19-21-9-4-3-5-10-21)27(31)24-13-8-18-32-24/h3-5,8-10,13-18,23,25H,2,6-7,11-12,19H2,1H3,(H,28,30)/t25-/m1/s1. The monoisotopic (exact) mass is 430 g/mol. The zero-order valence-corrected chi connectivity index (χ0v) is 18.5. The summed E-state index contributed by atoms with van der Waals surface area (Å²) in [5.74, 6) is -0.216. The summed E-state index contributed by atoms with van der Waals surface area (Å²) in [4.78, 5) is 28.8. The number of carbonyl (C=O) groups excluding carboxylic acids is 2. The van der Waals surface area contributed by atoms with E-state index in [0.29, 0.717) is 6.54 Å². The average Bonchev–Trinajstić information content (AvgIpc) is 3.54. The third-order valence-corrected chi connectivity index (χ3v) is 6.15. The van der Waals surface area contributed by atoms with Crippen molar-refractivity contribution in [2.24, 2.45) is 0 Å².